The number of alkyl halides is 1. The molecule has 0 saturated heterocycles. The molecule has 0 N–H and O–H groups in total. The van der Waals surface area contributed by atoms with Gasteiger partial charge in [-0.3, -0.25) is 14.2 Å². The average Bonchev–Trinajstić information content (AvgIpc) is 3.69. The Bertz CT molecular complexity index is 1050. The average molecular weight is 504 g/mol. The Labute approximate surface area is 210 Å². The van der Waals surface area contributed by atoms with Crippen LogP contribution in [0.15, 0.2) is 12.1 Å². The molecule has 0 aliphatic heterocycles. The van der Waals surface area contributed by atoms with E-state index in [-0.39, 0.29) is 31.0 Å². The SMILES string of the molecule is CN(Cc1c(-c2ccc(OOC(=O)C3CCCCC3)c(C3CC3)n2)nnn1C)C(=O)OCCCCF. The lowest BCUT2D eigenvalue weighted by molar-refractivity contribution is -0.220. The fourth-order valence-corrected chi connectivity index (χ4v) is 4.31. The zero-order valence-corrected chi connectivity index (χ0v) is 20.9. The molecule has 2 aromatic rings. The van der Waals surface area contributed by atoms with E-state index in [1.54, 1.807) is 30.9 Å². The van der Waals surface area contributed by atoms with E-state index < -0.39 is 12.8 Å². The molecular formula is C25H34FN5O5. The van der Waals surface area contributed by atoms with Crippen LogP contribution in [0.4, 0.5) is 9.18 Å². The summed E-state index contributed by atoms with van der Waals surface area (Å²) in [5.74, 6) is 0.237. The normalized spacial score (nSPS) is 16.0. The number of hydrogen-bond acceptors (Lipinski definition) is 8. The van der Waals surface area contributed by atoms with Crippen LogP contribution < -0.4 is 4.89 Å². The fraction of sp³-hybridized carbons (Fsp3) is 0.640. The number of carbonyl (C=O) groups excluding carboxylic acids is 2. The van der Waals surface area contributed by atoms with E-state index in [1.165, 1.54) is 4.90 Å². The Morgan fingerprint density at radius 1 is 1.14 bits per heavy atom. The van der Waals surface area contributed by atoms with Crippen molar-refractivity contribution >= 4 is 12.1 Å². The third kappa shape index (κ3) is 6.50. The zero-order chi connectivity index (χ0) is 25.5. The van der Waals surface area contributed by atoms with Crippen LogP contribution in [0.5, 0.6) is 5.75 Å². The number of halogens is 1. The number of aryl methyl sites for hydroxylation is 1. The monoisotopic (exact) mass is 503 g/mol. The highest BCUT2D eigenvalue weighted by molar-refractivity contribution is 5.72. The van der Waals surface area contributed by atoms with Crippen LogP contribution in [0.25, 0.3) is 11.4 Å². The summed E-state index contributed by atoms with van der Waals surface area (Å²) in [4.78, 5) is 41.6. The topological polar surface area (TPSA) is 109 Å². The molecule has 36 heavy (non-hydrogen) atoms. The van der Waals surface area contributed by atoms with Crippen molar-refractivity contribution < 1.29 is 28.5 Å². The summed E-state index contributed by atoms with van der Waals surface area (Å²) >= 11 is 0. The maximum atomic E-state index is 12.4. The van der Waals surface area contributed by atoms with Gasteiger partial charge >= 0.3 is 12.1 Å². The quantitative estimate of drug-likeness (QED) is 0.251. The van der Waals surface area contributed by atoms with E-state index in [0.29, 0.717) is 35.7 Å². The molecular weight excluding hydrogens is 469 g/mol. The van der Waals surface area contributed by atoms with Crippen LogP contribution in [0.3, 0.4) is 0 Å². The van der Waals surface area contributed by atoms with Crippen molar-refractivity contribution in [3.05, 3.63) is 23.5 Å². The van der Waals surface area contributed by atoms with E-state index in [9.17, 15) is 14.0 Å². The molecule has 0 atom stereocenters. The predicted octanol–water partition coefficient (Wildman–Crippen LogP) is 4.49. The van der Waals surface area contributed by atoms with Crippen molar-refractivity contribution in [2.24, 2.45) is 13.0 Å². The first-order chi connectivity index (χ1) is 17.5. The Morgan fingerprint density at radius 2 is 1.92 bits per heavy atom. The summed E-state index contributed by atoms with van der Waals surface area (Å²) in [6.45, 7) is -0.0544. The molecule has 11 heteroatoms. The second kappa shape index (κ2) is 12.1. The molecule has 2 fully saturated rings. The molecule has 0 spiro atoms. The van der Waals surface area contributed by atoms with Gasteiger partial charge in [0, 0.05) is 20.0 Å². The Kier molecular flexibility index (Phi) is 8.71. The van der Waals surface area contributed by atoms with Crippen LogP contribution >= 0.6 is 0 Å². The summed E-state index contributed by atoms with van der Waals surface area (Å²) in [5.41, 5.74) is 2.55. The molecule has 0 radical (unpaired) electrons. The third-order valence-corrected chi connectivity index (χ3v) is 6.64. The van der Waals surface area contributed by atoms with Crippen LogP contribution in [-0.4, -0.2) is 57.3 Å². The molecule has 196 valence electrons. The second-order valence-electron chi connectivity index (χ2n) is 9.55. The maximum Gasteiger partial charge on any atom is 0.409 e. The highest BCUT2D eigenvalue weighted by Gasteiger charge is 2.31. The van der Waals surface area contributed by atoms with Crippen molar-refractivity contribution in [1.29, 1.82) is 0 Å². The molecule has 2 aromatic heterocycles. The number of pyridine rings is 1. The highest BCUT2D eigenvalue weighted by Crippen LogP contribution is 2.44. The van der Waals surface area contributed by atoms with Crippen molar-refractivity contribution in [3.8, 4) is 17.1 Å². The molecule has 0 bridgehead atoms. The molecule has 4 rings (SSSR count). The van der Waals surface area contributed by atoms with Crippen molar-refractivity contribution in [2.45, 2.75) is 70.3 Å². The standard InChI is InChI=1S/C25H34FN5O5/c1-30(25(33)34-15-7-6-14-26)16-20-23(28-29-31(20)2)19-12-13-21(22(27-19)17-10-11-17)35-36-24(32)18-8-4-3-5-9-18/h12-13,17-18H,3-11,14-16H2,1-2H3. The third-order valence-electron chi connectivity index (χ3n) is 6.64. The summed E-state index contributed by atoms with van der Waals surface area (Å²) in [6, 6.07) is 3.49. The van der Waals surface area contributed by atoms with Gasteiger partial charge in [-0.1, -0.05) is 24.5 Å². The van der Waals surface area contributed by atoms with Gasteiger partial charge in [0.05, 0.1) is 42.8 Å². The minimum atomic E-state index is -0.504. The van der Waals surface area contributed by atoms with Gasteiger partial charge in [-0.2, -0.15) is 0 Å². The Hall–Kier alpha value is -3.24. The highest BCUT2D eigenvalue weighted by atomic mass is 19.1. The molecule has 2 saturated carbocycles. The van der Waals surface area contributed by atoms with Crippen molar-refractivity contribution in [1.82, 2.24) is 24.9 Å². The number of amides is 1. The van der Waals surface area contributed by atoms with Crippen LogP contribution in [0, 0.1) is 5.92 Å². The van der Waals surface area contributed by atoms with E-state index in [1.807, 2.05) is 0 Å². The van der Waals surface area contributed by atoms with E-state index in [2.05, 4.69) is 10.3 Å². The smallest absolute Gasteiger partial charge is 0.409 e. The van der Waals surface area contributed by atoms with Gasteiger partial charge in [0.1, 0.15) is 5.69 Å². The number of aromatic nitrogens is 4. The largest absolute Gasteiger partial charge is 0.449 e. The first kappa shape index (κ1) is 25.8. The van der Waals surface area contributed by atoms with E-state index >= 15 is 0 Å². The molecule has 0 unspecified atom stereocenters. The minimum Gasteiger partial charge on any atom is -0.449 e. The van der Waals surface area contributed by atoms with Gasteiger partial charge in [-0.25, -0.2) is 19.3 Å². The summed E-state index contributed by atoms with van der Waals surface area (Å²) in [5, 5.41) is 8.40. The van der Waals surface area contributed by atoms with Crippen molar-refractivity contribution in [3.63, 3.8) is 0 Å². The molecule has 10 nitrogen and oxygen atoms in total. The van der Waals surface area contributed by atoms with Crippen molar-refractivity contribution in [2.75, 3.05) is 20.3 Å². The molecule has 2 heterocycles. The van der Waals surface area contributed by atoms with Gasteiger partial charge in [-0.05, 0) is 50.7 Å². The maximum absolute atomic E-state index is 12.4. The fourth-order valence-electron chi connectivity index (χ4n) is 4.31. The van der Waals surface area contributed by atoms with Crippen LogP contribution in [-0.2, 0) is 28.0 Å². The zero-order valence-electron chi connectivity index (χ0n) is 20.9. The van der Waals surface area contributed by atoms with Gasteiger partial charge in [0.15, 0.2) is 0 Å². The van der Waals surface area contributed by atoms with Gasteiger partial charge < -0.3 is 9.64 Å². The number of ether oxygens (including phenoxy) is 1. The first-order valence-electron chi connectivity index (χ1n) is 12.7. The minimum absolute atomic E-state index is 0.107. The Morgan fingerprint density at radius 3 is 2.64 bits per heavy atom. The Balaban J connectivity index is 1.45. The second-order valence-corrected chi connectivity index (χ2v) is 9.55. The van der Waals surface area contributed by atoms with E-state index in [4.69, 9.17) is 19.5 Å². The first-order valence-corrected chi connectivity index (χ1v) is 12.7. The number of hydrogen-bond donors (Lipinski definition) is 0. The number of nitrogens with zero attached hydrogens (tertiary/aromatic N) is 5. The lowest BCUT2D eigenvalue weighted by Crippen LogP contribution is -2.28. The van der Waals surface area contributed by atoms with Crippen LogP contribution in [0.1, 0.15) is 75.1 Å². The number of carbonyl (C=O) groups is 2. The lowest BCUT2D eigenvalue weighted by Gasteiger charge is -2.19. The molecule has 1 amide bonds. The lowest BCUT2D eigenvalue weighted by atomic mass is 9.89. The predicted molar refractivity (Wildman–Crippen MR) is 128 cm³/mol. The van der Waals surface area contributed by atoms with Gasteiger partial charge in [0.2, 0.25) is 5.75 Å². The molecule has 0 aromatic carbocycles. The summed E-state index contributed by atoms with van der Waals surface area (Å²) in [7, 11) is 3.37. The molecule has 2 aliphatic carbocycles. The summed E-state index contributed by atoms with van der Waals surface area (Å²) in [6.07, 6.45) is 7.20. The molecule has 2 aliphatic rings. The van der Waals surface area contributed by atoms with Gasteiger partial charge in [0.25, 0.3) is 0 Å². The van der Waals surface area contributed by atoms with Gasteiger partial charge in [-0.15, -0.1) is 5.10 Å². The number of rotatable bonds is 11. The van der Waals surface area contributed by atoms with E-state index in [0.717, 1.165) is 50.6 Å². The summed E-state index contributed by atoms with van der Waals surface area (Å²) < 4.78 is 19.0. The van der Waals surface area contributed by atoms with Crippen LogP contribution in [0.2, 0.25) is 0 Å². The number of unbranched alkanes of at least 4 members (excludes halogenated alkanes) is 1.